The van der Waals surface area contributed by atoms with Gasteiger partial charge in [-0.2, -0.15) is 21.6 Å². The molecule has 0 radical (unpaired) electrons. The van der Waals surface area contributed by atoms with E-state index < -0.39 is 27.3 Å². The molecule has 0 spiro atoms. The first kappa shape index (κ1) is 18.8. The van der Waals surface area contributed by atoms with E-state index in [1.54, 1.807) is 6.92 Å². The fraction of sp³-hybridized carbons (Fsp3) is 0.308. The van der Waals surface area contributed by atoms with Crippen molar-refractivity contribution in [2.24, 2.45) is 0 Å². The van der Waals surface area contributed by atoms with Crippen LogP contribution in [0.15, 0.2) is 24.3 Å². The maximum absolute atomic E-state index is 12.4. The van der Waals surface area contributed by atoms with Crippen LogP contribution in [-0.4, -0.2) is 33.6 Å². The van der Waals surface area contributed by atoms with Crippen molar-refractivity contribution in [1.82, 2.24) is 0 Å². The van der Waals surface area contributed by atoms with Gasteiger partial charge in [-0.05, 0) is 25.1 Å². The Bertz CT molecular complexity index is 694. The molecule has 0 aliphatic carbocycles. The molecule has 23 heavy (non-hydrogen) atoms. The lowest BCUT2D eigenvalue weighted by Gasteiger charge is -2.12. The van der Waals surface area contributed by atoms with E-state index in [4.69, 9.17) is 4.74 Å². The van der Waals surface area contributed by atoms with Crippen molar-refractivity contribution in [3.63, 3.8) is 0 Å². The summed E-state index contributed by atoms with van der Waals surface area (Å²) < 4.78 is 73.0. The highest BCUT2D eigenvalue weighted by molar-refractivity contribution is 7.88. The molecule has 6 nitrogen and oxygen atoms in total. The summed E-state index contributed by atoms with van der Waals surface area (Å²) >= 11 is 0. The third kappa shape index (κ3) is 5.16. The van der Waals surface area contributed by atoms with Crippen LogP contribution in [0.4, 0.5) is 13.2 Å². The van der Waals surface area contributed by atoms with Crippen molar-refractivity contribution in [2.75, 3.05) is 13.7 Å². The molecule has 0 fully saturated rings. The van der Waals surface area contributed by atoms with Gasteiger partial charge in [0.1, 0.15) is 5.75 Å². The zero-order valence-electron chi connectivity index (χ0n) is 12.1. The van der Waals surface area contributed by atoms with Gasteiger partial charge in [0.25, 0.3) is 0 Å². The van der Waals surface area contributed by atoms with Gasteiger partial charge in [0.05, 0.1) is 13.7 Å². The fourth-order valence-electron chi connectivity index (χ4n) is 1.37. The van der Waals surface area contributed by atoms with E-state index in [0.717, 1.165) is 18.2 Å². The summed E-state index contributed by atoms with van der Waals surface area (Å²) in [5.74, 6) is -1.30. The molecule has 0 heterocycles. The average Bonchev–Trinajstić information content (AvgIpc) is 2.44. The molecule has 1 aromatic carbocycles. The largest absolute Gasteiger partial charge is 0.534 e. The summed E-state index contributed by atoms with van der Waals surface area (Å²) in [5.41, 5.74) is -5.66. The van der Waals surface area contributed by atoms with E-state index in [2.05, 4.69) is 8.92 Å². The van der Waals surface area contributed by atoms with Gasteiger partial charge in [0.15, 0.2) is 5.75 Å². The Morgan fingerprint density at radius 2 is 1.96 bits per heavy atom. The number of carbonyl (C=O) groups excluding carboxylic acids is 1. The summed E-state index contributed by atoms with van der Waals surface area (Å²) in [7, 11) is -4.61. The highest BCUT2D eigenvalue weighted by atomic mass is 32.2. The molecule has 0 amide bonds. The lowest BCUT2D eigenvalue weighted by molar-refractivity contribution is -0.137. The van der Waals surface area contributed by atoms with Gasteiger partial charge in [-0.3, -0.25) is 0 Å². The molecule has 0 aromatic heterocycles. The van der Waals surface area contributed by atoms with Crippen molar-refractivity contribution in [1.29, 1.82) is 0 Å². The van der Waals surface area contributed by atoms with Gasteiger partial charge in [0.2, 0.25) is 0 Å². The van der Waals surface area contributed by atoms with Gasteiger partial charge >= 0.3 is 21.6 Å². The lowest BCUT2D eigenvalue weighted by atomic mass is 10.2. The third-order valence-electron chi connectivity index (χ3n) is 2.39. The highest BCUT2D eigenvalue weighted by Gasteiger charge is 2.48. The van der Waals surface area contributed by atoms with E-state index in [0.29, 0.717) is 0 Å². The molecule has 0 saturated heterocycles. The number of carbonyl (C=O) groups is 1. The highest BCUT2D eigenvalue weighted by Crippen LogP contribution is 2.32. The topological polar surface area (TPSA) is 78.9 Å². The second-order valence-electron chi connectivity index (χ2n) is 3.97. The predicted molar refractivity (Wildman–Crippen MR) is 74.3 cm³/mol. The summed E-state index contributed by atoms with van der Waals surface area (Å²) in [6, 6.07) is 3.54. The fourth-order valence-corrected chi connectivity index (χ4v) is 1.84. The van der Waals surface area contributed by atoms with Crippen LogP contribution in [0.3, 0.4) is 0 Å². The molecule has 1 rings (SSSR count). The molecular formula is C13H13F3O6S. The van der Waals surface area contributed by atoms with E-state index in [1.165, 1.54) is 19.2 Å². The number of alkyl halides is 3. The van der Waals surface area contributed by atoms with Crippen LogP contribution in [0, 0.1) is 0 Å². The Balaban J connectivity index is 3.21. The molecule has 10 heteroatoms. The standard InChI is InChI=1S/C13H13F3O6S/c1-3-21-12(17)7-5-9-4-6-10(20-2)8-11(9)22-23(18,19)13(14,15)16/h4-8H,3H2,1-2H3/b7-5+. The summed E-state index contributed by atoms with van der Waals surface area (Å²) in [6.45, 7) is 1.68. The van der Waals surface area contributed by atoms with Crippen molar-refractivity contribution in [2.45, 2.75) is 12.4 Å². The van der Waals surface area contributed by atoms with Crippen LogP contribution in [0.2, 0.25) is 0 Å². The summed E-state index contributed by atoms with van der Waals surface area (Å²) in [5, 5.41) is 0. The third-order valence-corrected chi connectivity index (χ3v) is 3.36. The van der Waals surface area contributed by atoms with Crippen LogP contribution in [0.5, 0.6) is 11.5 Å². The molecule has 128 valence electrons. The molecule has 0 aliphatic rings. The second-order valence-corrected chi connectivity index (χ2v) is 5.51. The number of halogens is 3. The number of methoxy groups -OCH3 is 1. The van der Waals surface area contributed by atoms with Crippen LogP contribution in [0.1, 0.15) is 12.5 Å². The Morgan fingerprint density at radius 1 is 1.30 bits per heavy atom. The number of ether oxygens (including phenoxy) is 2. The quantitative estimate of drug-likeness (QED) is 0.338. The average molecular weight is 354 g/mol. The van der Waals surface area contributed by atoms with Crippen molar-refractivity contribution in [3.8, 4) is 11.5 Å². The Kier molecular flexibility index (Phi) is 6.02. The Labute approximate surface area is 130 Å². The molecule has 0 bridgehead atoms. The second kappa shape index (κ2) is 7.36. The van der Waals surface area contributed by atoms with Crippen molar-refractivity contribution in [3.05, 3.63) is 29.8 Å². The summed E-state index contributed by atoms with van der Waals surface area (Å²) in [6.07, 6.45) is 2.00. The molecule has 0 atom stereocenters. The summed E-state index contributed by atoms with van der Waals surface area (Å²) in [4.78, 5) is 11.2. The van der Waals surface area contributed by atoms with Crippen LogP contribution < -0.4 is 8.92 Å². The maximum atomic E-state index is 12.4. The minimum absolute atomic E-state index is 0.0747. The van der Waals surface area contributed by atoms with Crippen LogP contribution in [-0.2, 0) is 19.6 Å². The van der Waals surface area contributed by atoms with Crippen molar-refractivity contribution >= 4 is 22.2 Å². The predicted octanol–water partition coefficient (Wildman–Crippen LogP) is 2.50. The number of hydrogen-bond acceptors (Lipinski definition) is 6. The number of hydrogen-bond donors (Lipinski definition) is 0. The molecule has 0 aliphatic heterocycles. The van der Waals surface area contributed by atoms with Gasteiger partial charge in [0, 0.05) is 17.7 Å². The smallest absolute Gasteiger partial charge is 0.497 e. The van der Waals surface area contributed by atoms with Gasteiger partial charge in [-0.1, -0.05) is 0 Å². The zero-order valence-corrected chi connectivity index (χ0v) is 12.9. The van der Waals surface area contributed by atoms with Crippen molar-refractivity contribution < 1.29 is 40.0 Å². The molecule has 0 saturated carbocycles. The minimum Gasteiger partial charge on any atom is -0.497 e. The lowest BCUT2D eigenvalue weighted by Crippen LogP contribution is -2.28. The Morgan fingerprint density at radius 3 is 2.48 bits per heavy atom. The molecular weight excluding hydrogens is 341 g/mol. The van der Waals surface area contributed by atoms with Gasteiger partial charge in [-0.25, -0.2) is 4.79 Å². The number of esters is 1. The minimum atomic E-state index is -5.85. The van der Waals surface area contributed by atoms with Gasteiger partial charge < -0.3 is 13.7 Å². The first-order chi connectivity index (χ1) is 10.6. The van der Waals surface area contributed by atoms with E-state index in [9.17, 15) is 26.4 Å². The zero-order chi connectivity index (χ0) is 17.7. The number of benzene rings is 1. The van der Waals surface area contributed by atoms with E-state index in [-0.39, 0.29) is 17.9 Å². The first-order valence-electron chi connectivity index (χ1n) is 6.14. The van der Waals surface area contributed by atoms with Crippen LogP contribution in [0.25, 0.3) is 6.08 Å². The monoisotopic (exact) mass is 354 g/mol. The van der Waals surface area contributed by atoms with E-state index in [1.807, 2.05) is 0 Å². The normalized spacial score (nSPS) is 12.2. The van der Waals surface area contributed by atoms with Gasteiger partial charge in [-0.15, -0.1) is 0 Å². The molecule has 0 N–H and O–H groups in total. The van der Waals surface area contributed by atoms with Crippen LogP contribution >= 0.6 is 0 Å². The van der Waals surface area contributed by atoms with E-state index >= 15 is 0 Å². The first-order valence-corrected chi connectivity index (χ1v) is 7.55. The molecule has 1 aromatic rings. The SMILES string of the molecule is CCOC(=O)/C=C/c1ccc(OC)cc1OS(=O)(=O)C(F)(F)F. The Hall–Kier alpha value is -2.23. The molecule has 0 unspecified atom stereocenters. The number of rotatable bonds is 6. The maximum Gasteiger partial charge on any atom is 0.534 e.